The average molecular weight is 190 g/mol. The molecule has 74 valence electrons. The standard InChI is InChI=1S/C9H12F2O2/c1-5-4-7(6(2)13-5)9(3,12)8(10)11/h4,8,12H,1-3H3. The maximum Gasteiger partial charge on any atom is 0.270 e. The summed E-state index contributed by atoms with van der Waals surface area (Å²) < 4.78 is 29.8. The Labute approximate surface area is 75.2 Å². The second-order valence-corrected chi connectivity index (χ2v) is 3.28. The average Bonchev–Trinajstić information content (AvgIpc) is 2.30. The molecule has 1 aromatic heterocycles. The Morgan fingerprint density at radius 1 is 1.46 bits per heavy atom. The van der Waals surface area contributed by atoms with Crippen molar-refractivity contribution in [2.24, 2.45) is 0 Å². The zero-order valence-electron chi connectivity index (χ0n) is 7.77. The highest BCUT2D eigenvalue weighted by atomic mass is 19.3. The van der Waals surface area contributed by atoms with Crippen LogP contribution in [0.15, 0.2) is 10.5 Å². The molecule has 0 bridgehead atoms. The molecule has 0 aromatic carbocycles. The first kappa shape index (κ1) is 10.2. The zero-order chi connectivity index (χ0) is 10.2. The van der Waals surface area contributed by atoms with Crippen LogP contribution in [0.3, 0.4) is 0 Å². The van der Waals surface area contributed by atoms with Gasteiger partial charge in [-0.05, 0) is 26.8 Å². The summed E-state index contributed by atoms with van der Waals surface area (Å²) in [6.45, 7) is 4.28. The second-order valence-electron chi connectivity index (χ2n) is 3.28. The molecule has 1 atom stereocenters. The van der Waals surface area contributed by atoms with Gasteiger partial charge in [-0.1, -0.05) is 0 Å². The van der Waals surface area contributed by atoms with Gasteiger partial charge in [-0.15, -0.1) is 0 Å². The fourth-order valence-corrected chi connectivity index (χ4v) is 1.25. The SMILES string of the molecule is Cc1cc(C(C)(O)C(F)F)c(C)o1. The lowest BCUT2D eigenvalue weighted by molar-refractivity contribution is -0.0890. The van der Waals surface area contributed by atoms with Gasteiger partial charge in [0.2, 0.25) is 0 Å². The van der Waals surface area contributed by atoms with Crippen molar-refractivity contribution < 1.29 is 18.3 Å². The number of hydrogen-bond donors (Lipinski definition) is 1. The van der Waals surface area contributed by atoms with Gasteiger partial charge in [0.05, 0.1) is 0 Å². The number of furan rings is 1. The van der Waals surface area contributed by atoms with E-state index in [1.807, 2.05) is 0 Å². The van der Waals surface area contributed by atoms with Crippen molar-refractivity contribution in [2.45, 2.75) is 32.8 Å². The minimum absolute atomic E-state index is 0.153. The molecule has 0 saturated heterocycles. The molecule has 1 N–H and O–H groups in total. The summed E-state index contributed by atoms with van der Waals surface area (Å²) >= 11 is 0. The summed E-state index contributed by atoms with van der Waals surface area (Å²) in [5, 5.41) is 9.45. The third-order valence-corrected chi connectivity index (χ3v) is 2.01. The Hall–Kier alpha value is -0.900. The maximum absolute atomic E-state index is 12.4. The van der Waals surface area contributed by atoms with Crippen molar-refractivity contribution in [3.8, 4) is 0 Å². The number of aryl methyl sites for hydroxylation is 2. The first-order chi connectivity index (χ1) is 5.85. The molecule has 2 nitrogen and oxygen atoms in total. The highest BCUT2D eigenvalue weighted by molar-refractivity contribution is 5.27. The third-order valence-electron chi connectivity index (χ3n) is 2.01. The van der Waals surface area contributed by atoms with E-state index in [-0.39, 0.29) is 5.56 Å². The van der Waals surface area contributed by atoms with Crippen LogP contribution >= 0.6 is 0 Å². The zero-order valence-corrected chi connectivity index (χ0v) is 7.77. The van der Waals surface area contributed by atoms with Gasteiger partial charge >= 0.3 is 0 Å². The molecule has 0 fully saturated rings. The molecule has 1 aromatic rings. The molecule has 1 unspecified atom stereocenters. The highest BCUT2D eigenvalue weighted by Crippen LogP contribution is 2.31. The van der Waals surface area contributed by atoms with Crippen LogP contribution in [0.1, 0.15) is 24.0 Å². The molecule has 0 spiro atoms. The van der Waals surface area contributed by atoms with Crippen LogP contribution in [0.2, 0.25) is 0 Å². The molecule has 1 rings (SSSR count). The van der Waals surface area contributed by atoms with Gasteiger partial charge in [-0.25, -0.2) is 8.78 Å². The Morgan fingerprint density at radius 3 is 2.31 bits per heavy atom. The molecule has 13 heavy (non-hydrogen) atoms. The number of aliphatic hydroxyl groups is 1. The predicted octanol–water partition coefficient (Wildman–Crippen LogP) is 2.37. The number of hydrogen-bond acceptors (Lipinski definition) is 2. The van der Waals surface area contributed by atoms with Gasteiger partial charge in [0.15, 0.2) is 5.60 Å². The van der Waals surface area contributed by atoms with Crippen molar-refractivity contribution in [3.63, 3.8) is 0 Å². The first-order valence-electron chi connectivity index (χ1n) is 3.93. The molecule has 0 radical (unpaired) electrons. The van der Waals surface area contributed by atoms with E-state index in [1.54, 1.807) is 13.8 Å². The van der Waals surface area contributed by atoms with E-state index in [0.29, 0.717) is 11.5 Å². The lowest BCUT2D eigenvalue weighted by atomic mass is 9.97. The van der Waals surface area contributed by atoms with Crippen LogP contribution in [-0.2, 0) is 5.60 Å². The highest BCUT2D eigenvalue weighted by Gasteiger charge is 2.37. The Balaban J connectivity index is 3.13. The number of halogens is 2. The van der Waals surface area contributed by atoms with Crippen LogP contribution in [-0.4, -0.2) is 11.5 Å². The van der Waals surface area contributed by atoms with Crippen LogP contribution in [0.5, 0.6) is 0 Å². The maximum atomic E-state index is 12.4. The lowest BCUT2D eigenvalue weighted by Gasteiger charge is -2.21. The van der Waals surface area contributed by atoms with Gasteiger partial charge in [0.25, 0.3) is 6.43 Å². The van der Waals surface area contributed by atoms with Crippen molar-refractivity contribution in [1.82, 2.24) is 0 Å². The molecular formula is C9H12F2O2. The van der Waals surface area contributed by atoms with Gasteiger partial charge < -0.3 is 9.52 Å². The molecule has 0 aliphatic carbocycles. The normalized spacial score (nSPS) is 16.2. The molecule has 0 aliphatic rings. The minimum atomic E-state index is -2.82. The summed E-state index contributed by atoms with van der Waals surface area (Å²) in [6, 6.07) is 1.43. The van der Waals surface area contributed by atoms with E-state index in [1.165, 1.54) is 6.07 Å². The third kappa shape index (κ3) is 1.72. The largest absolute Gasteiger partial charge is 0.466 e. The summed E-state index contributed by atoms with van der Waals surface area (Å²) in [5.41, 5.74) is -1.97. The van der Waals surface area contributed by atoms with Gasteiger partial charge in [-0.2, -0.15) is 0 Å². The first-order valence-corrected chi connectivity index (χ1v) is 3.93. The quantitative estimate of drug-likeness (QED) is 0.776. The summed E-state index contributed by atoms with van der Waals surface area (Å²) in [4.78, 5) is 0. The van der Waals surface area contributed by atoms with Crippen LogP contribution in [0.25, 0.3) is 0 Å². The van der Waals surface area contributed by atoms with E-state index in [2.05, 4.69) is 0 Å². The molecular weight excluding hydrogens is 178 g/mol. The molecule has 0 amide bonds. The molecule has 0 aliphatic heterocycles. The summed E-state index contributed by atoms with van der Waals surface area (Å²) in [5.74, 6) is 0.858. The van der Waals surface area contributed by atoms with Crippen molar-refractivity contribution in [1.29, 1.82) is 0 Å². The minimum Gasteiger partial charge on any atom is -0.466 e. The Kier molecular flexibility index (Phi) is 2.43. The van der Waals surface area contributed by atoms with Crippen molar-refractivity contribution in [2.75, 3.05) is 0 Å². The molecule has 1 heterocycles. The van der Waals surface area contributed by atoms with Crippen LogP contribution in [0.4, 0.5) is 8.78 Å². The Morgan fingerprint density at radius 2 is 2.00 bits per heavy atom. The smallest absolute Gasteiger partial charge is 0.270 e. The van der Waals surface area contributed by atoms with Crippen LogP contribution in [0, 0.1) is 13.8 Å². The van der Waals surface area contributed by atoms with Crippen molar-refractivity contribution in [3.05, 3.63) is 23.2 Å². The van der Waals surface area contributed by atoms with E-state index in [9.17, 15) is 13.9 Å². The van der Waals surface area contributed by atoms with E-state index >= 15 is 0 Å². The number of rotatable bonds is 2. The monoisotopic (exact) mass is 190 g/mol. The second kappa shape index (κ2) is 3.10. The lowest BCUT2D eigenvalue weighted by Crippen LogP contribution is -2.30. The van der Waals surface area contributed by atoms with E-state index in [0.717, 1.165) is 6.92 Å². The van der Waals surface area contributed by atoms with E-state index in [4.69, 9.17) is 4.42 Å². The number of alkyl halides is 2. The fourth-order valence-electron chi connectivity index (χ4n) is 1.25. The van der Waals surface area contributed by atoms with Gasteiger partial charge in [-0.3, -0.25) is 0 Å². The van der Waals surface area contributed by atoms with Crippen LogP contribution < -0.4 is 0 Å². The molecule has 0 saturated carbocycles. The van der Waals surface area contributed by atoms with Crippen molar-refractivity contribution >= 4 is 0 Å². The fraction of sp³-hybridized carbons (Fsp3) is 0.556. The van der Waals surface area contributed by atoms with Gasteiger partial charge in [0.1, 0.15) is 11.5 Å². The van der Waals surface area contributed by atoms with E-state index < -0.39 is 12.0 Å². The van der Waals surface area contributed by atoms with Gasteiger partial charge in [0, 0.05) is 5.56 Å². The summed E-state index contributed by atoms with van der Waals surface area (Å²) in [6.07, 6.45) is -2.82. The predicted molar refractivity (Wildman–Crippen MR) is 43.8 cm³/mol. The molecule has 4 heteroatoms. The summed E-state index contributed by atoms with van der Waals surface area (Å²) in [7, 11) is 0. The topological polar surface area (TPSA) is 33.4 Å². The Bertz CT molecular complexity index is 303.